The van der Waals surface area contributed by atoms with Crippen LogP contribution in [0.3, 0.4) is 0 Å². The molecule has 0 bridgehead atoms. The molecule has 1 heterocycles. The first-order valence-electron chi connectivity index (χ1n) is 6.05. The topological polar surface area (TPSA) is 71.1 Å². The van der Waals surface area contributed by atoms with E-state index in [1.165, 1.54) is 0 Å². The summed E-state index contributed by atoms with van der Waals surface area (Å²) in [6, 6.07) is 3.62. The van der Waals surface area contributed by atoms with E-state index in [1.807, 2.05) is 12.1 Å². The lowest BCUT2D eigenvalue weighted by molar-refractivity contribution is -0.141. The molecule has 19 heavy (non-hydrogen) atoms. The number of pyridine rings is 1. The van der Waals surface area contributed by atoms with Crippen LogP contribution in [0.2, 0.25) is 0 Å². The summed E-state index contributed by atoms with van der Waals surface area (Å²) in [5.41, 5.74) is -0.179. The molecule has 0 atom stereocenters. The Morgan fingerprint density at radius 2 is 1.84 bits per heavy atom. The number of rotatable bonds is 6. The average molecular weight is 261 g/mol. The van der Waals surface area contributed by atoms with E-state index in [0.717, 1.165) is 5.56 Å². The van der Waals surface area contributed by atoms with Crippen LogP contribution >= 0.6 is 0 Å². The van der Waals surface area contributed by atoms with E-state index in [1.54, 1.807) is 32.3 Å². The van der Waals surface area contributed by atoms with Crippen LogP contribution in [0, 0.1) is 5.41 Å². The zero-order chi connectivity index (χ0) is 14.3. The van der Waals surface area contributed by atoms with Gasteiger partial charge < -0.3 is 10.6 Å². The molecule has 0 spiro atoms. The van der Waals surface area contributed by atoms with Gasteiger partial charge in [-0.1, -0.05) is 6.08 Å². The van der Waals surface area contributed by atoms with E-state index in [9.17, 15) is 9.59 Å². The summed E-state index contributed by atoms with van der Waals surface area (Å²) < 4.78 is 0. The first-order chi connectivity index (χ1) is 8.98. The Labute approximate surface area is 113 Å². The maximum atomic E-state index is 12.0. The summed E-state index contributed by atoms with van der Waals surface area (Å²) in [7, 11) is 0. The van der Waals surface area contributed by atoms with Crippen molar-refractivity contribution in [2.24, 2.45) is 5.41 Å². The van der Waals surface area contributed by atoms with Gasteiger partial charge in [-0.15, -0.1) is 6.58 Å². The molecule has 1 aromatic heterocycles. The lowest BCUT2D eigenvalue weighted by Crippen LogP contribution is -2.47. The molecule has 1 rings (SSSR count). The molecule has 0 aliphatic heterocycles. The van der Waals surface area contributed by atoms with E-state index < -0.39 is 5.41 Å². The van der Waals surface area contributed by atoms with Gasteiger partial charge in [-0.25, -0.2) is 0 Å². The molecule has 0 unspecified atom stereocenters. The molecule has 0 saturated heterocycles. The molecule has 1 aromatic rings. The second-order valence-corrected chi connectivity index (χ2v) is 4.66. The smallest absolute Gasteiger partial charge is 0.235 e. The summed E-state index contributed by atoms with van der Waals surface area (Å²) in [6.07, 6.45) is 4.88. The first kappa shape index (κ1) is 14.9. The molecule has 2 amide bonds. The van der Waals surface area contributed by atoms with Crippen molar-refractivity contribution in [3.05, 3.63) is 42.7 Å². The van der Waals surface area contributed by atoms with E-state index in [4.69, 9.17) is 0 Å². The SMILES string of the molecule is C=CCNC(=O)C(C)(C)C(=O)NCc1ccncc1. The third-order valence-corrected chi connectivity index (χ3v) is 2.74. The van der Waals surface area contributed by atoms with Crippen LogP contribution in [0.1, 0.15) is 19.4 Å². The second-order valence-electron chi connectivity index (χ2n) is 4.66. The van der Waals surface area contributed by atoms with Crippen molar-refractivity contribution in [3.8, 4) is 0 Å². The third-order valence-electron chi connectivity index (χ3n) is 2.74. The van der Waals surface area contributed by atoms with Crippen LogP contribution in [0.5, 0.6) is 0 Å². The van der Waals surface area contributed by atoms with Gasteiger partial charge in [0.25, 0.3) is 0 Å². The van der Waals surface area contributed by atoms with Crippen LogP contribution in [0.25, 0.3) is 0 Å². The number of aromatic nitrogens is 1. The monoisotopic (exact) mass is 261 g/mol. The van der Waals surface area contributed by atoms with Gasteiger partial charge in [0, 0.05) is 25.5 Å². The predicted octanol–water partition coefficient (Wildman–Crippen LogP) is 1.03. The molecular formula is C14H19N3O2. The largest absolute Gasteiger partial charge is 0.352 e. The summed E-state index contributed by atoms with van der Waals surface area (Å²) in [5.74, 6) is -0.634. The van der Waals surface area contributed by atoms with Crippen molar-refractivity contribution in [2.45, 2.75) is 20.4 Å². The van der Waals surface area contributed by atoms with E-state index >= 15 is 0 Å². The van der Waals surface area contributed by atoms with E-state index in [2.05, 4.69) is 22.2 Å². The number of hydrogen-bond acceptors (Lipinski definition) is 3. The highest BCUT2D eigenvalue weighted by atomic mass is 16.2. The molecule has 0 aromatic carbocycles. The van der Waals surface area contributed by atoms with Gasteiger partial charge in [0.1, 0.15) is 5.41 Å². The van der Waals surface area contributed by atoms with Gasteiger partial charge in [-0.2, -0.15) is 0 Å². The minimum absolute atomic E-state index is 0.314. The Morgan fingerprint density at radius 3 is 2.42 bits per heavy atom. The van der Waals surface area contributed by atoms with Crippen LogP contribution in [-0.2, 0) is 16.1 Å². The Morgan fingerprint density at radius 1 is 1.26 bits per heavy atom. The van der Waals surface area contributed by atoms with Crippen LogP contribution in [0.4, 0.5) is 0 Å². The zero-order valence-corrected chi connectivity index (χ0v) is 11.3. The average Bonchev–Trinajstić information content (AvgIpc) is 2.42. The number of nitrogens with zero attached hydrogens (tertiary/aromatic N) is 1. The fourth-order valence-electron chi connectivity index (χ4n) is 1.39. The van der Waals surface area contributed by atoms with Crippen molar-refractivity contribution < 1.29 is 9.59 Å². The Kier molecular flexibility index (Phi) is 5.23. The quantitative estimate of drug-likeness (QED) is 0.593. The zero-order valence-electron chi connectivity index (χ0n) is 11.3. The Hall–Kier alpha value is -2.17. The molecule has 0 fully saturated rings. The van der Waals surface area contributed by atoms with Gasteiger partial charge in [0.05, 0.1) is 0 Å². The molecule has 0 aliphatic rings. The minimum atomic E-state index is -1.12. The van der Waals surface area contributed by atoms with Crippen LogP contribution in [0.15, 0.2) is 37.2 Å². The number of carbonyl (C=O) groups is 2. The van der Waals surface area contributed by atoms with Gasteiger partial charge >= 0.3 is 0 Å². The first-order valence-corrected chi connectivity index (χ1v) is 6.05. The van der Waals surface area contributed by atoms with Crippen LogP contribution in [-0.4, -0.2) is 23.3 Å². The second kappa shape index (κ2) is 6.68. The number of carbonyl (C=O) groups excluding carboxylic acids is 2. The molecular weight excluding hydrogens is 242 g/mol. The molecule has 0 aliphatic carbocycles. The van der Waals surface area contributed by atoms with E-state index in [0.29, 0.717) is 13.1 Å². The van der Waals surface area contributed by atoms with Gasteiger partial charge in [0.15, 0.2) is 0 Å². The lowest BCUT2D eigenvalue weighted by atomic mass is 9.91. The Bertz CT molecular complexity index is 455. The van der Waals surface area contributed by atoms with Crippen molar-refractivity contribution in [2.75, 3.05) is 6.54 Å². The lowest BCUT2D eigenvalue weighted by Gasteiger charge is -2.22. The van der Waals surface area contributed by atoms with Crippen molar-refractivity contribution in [1.29, 1.82) is 0 Å². The maximum absolute atomic E-state index is 12.0. The number of amides is 2. The van der Waals surface area contributed by atoms with Crippen molar-refractivity contribution in [3.63, 3.8) is 0 Å². The van der Waals surface area contributed by atoms with Crippen molar-refractivity contribution in [1.82, 2.24) is 15.6 Å². The van der Waals surface area contributed by atoms with Gasteiger partial charge in [0.2, 0.25) is 11.8 Å². The highest BCUT2D eigenvalue weighted by molar-refractivity contribution is 6.04. The number of hydrogen-bond donors (Lipinski definition) is 2. The molecule has 102 valence electrons. The highest BCUT2D eigenvalue weighted by Crippen LogP contribution is 2.15. The summed E-state index contributed by atoms with van der Waals surface area (Å²) in [4.78, 5) is 27.8. The highest BCUT2D eigenvalue weighted by Gasteiger charge is 2.35. The van der Waals surface area contributed by atoms with Gasteiger partial charge in [-0.05, 0) is 31.5 Å². The van der Waals surface area contributed by atoms with Gasteiger partial charge in [-0.3, -0.25) is 14.6 Å². The fraction of sp³-hybridized carbons (Fsp3) is 0.357. The standard InChI is InChI=1S/C14H19N3O2/c1-4-7-16-12(18)14(2,3)13(19)17-10-11-5-8-15-9-6-11/h4-6,8-9H,1,7,10H2,2-3H3,(H,16,18)(H,17,19). The summed E-state index contributed by atoms with van der Waals surface area (Å²) in [5, 5.41) is 5.37. The Balaban J connectivity index is 2.56. The number of nitrogens with one attached hydrogen (secondary N) is 2. The maximum Gasteiger partial charge on any atom is 0.235 e. The summed E-state index contributed by atoms with van der Waals surface area (Å²) in [6.45, 7) is 7.42. The molecule has 2 N–H and O–H groups in total. The predicted molar refractivity (Wildman–Crippen MR) is 73.1 cm³/mol. The molecule has 0 saturated carbocycles. The van der Waals surface area contributed by atoms with Crippen LogP contribution < -0.4 is 10.6 Å². The van der Waals surface area contributed by atoms with Crippen molar-refractivity contribution >= 4 is 11.8 Å². The molecule has 5 heteroatoms. The summed E-state index contributed by atoms with van der Waals surface area (Å²) >= 11 is 0. The normalized spacial score (nSPS) is 10.6. The molecule has 0 radical (unpaired) electrons. The fourth-order valence-corrected chi connectivity index (χ4v) is 1.39. The third kappa shape index (κ3) is 4.21. The minimum Gasteiger partial charge on any atom is -0.352 e. The van der Waals surface area contributed by atoms with E-state index in [-0.39, 0.29) is 11.8 Å². The molecule has 5 nitrogen and oxygen atoms in total.